The van der Waals surface area contributed by atoms with Crippen LogP contribution in [0.15, 0.2) is 30.3 Å². The molecule has 57 heavy (non-hydrogen) atoms. The fraction of sp³-hybridized carbons (Fsp3) is 0.675. The van der Waals surface area contributed by atoms with Crippen molar-refractivity contribution in [2.24, 2.45) is 34.6 Å². The maximum absolute atomic E-state index is 14.3. The summed E-state index contributed by atoms with van der Waals surface area (Å²) in [6.07, 6.45) is 6.46. The number of carbonyl (C=O) groups excluding carboxylic acids is 5. The van der Waals surface area contributed by atoms with E-state index in [1.807, 2.05) is 6.07 Å². The first kappa shape index (κ1) is 44.6. The third-order valence-electron chi connectivity index (χ3n) is 11.2. The number of hydrogen-bond donors (Lipinski definition) is 10. The van der Waals surface area contributed by atoms with Crippen molar-refractivity contribution < 1.29 is 38.6 Å². The molecule has 0 saturated heterocycles. The number of benzene rings is 1. The van der Waals surface area contributed by atoms with Crippen LogP contribution in [0, 0.1) is 28.6 Å². The van der Waals surface area contributed by atoms with E-state index in [1.165, 1.54) is 19.3 Å². The van der Waals surface area contributed by atoms with Gasteiger partial charge in [-0.2, -0.15) is 0 Å². The molecule has 4 aliphatic rings. The molecule has 0 radical (unpaired) electrons. The number of nitrogens with two attached hydrogens (primary N) is 2. The Morgan fingerprint density at radius 3 is 1.84 bits per heavy atom. The number of unbranched alkanes of at least 4 members (excludes halogenated alkanes) is 1. The minimum absolute atomic E-state index is 0.0494. The SMILES string of the molecule is CC(C)(C)OC(=O)N[C@@H](CC12CC3CC(CC(C3)C1)C2)C(=O)N[C@H](CCCNC(=N)N)C(=O)N[C@@H](Cc1ccccc1)C(=O)N[C@@H](CCCCNC(=O)O)C(N)=O. The highest BCUT2D eigenvalue weighted by atomic mass is 16.6. The van der Waals surface area contributed by atoms with Crippen molar-refractivity contribution in [3.05, 3.63) is 35.9 Å². The van der Waals surface area contributed by atoms with Crippen LogP contribution in [0.3, 0.4) is 0 Å². The van der Waals surface area contributed by atoms with Crippen LogP contribution in [-0.2, 0) is 30.3 Å². The third kappa shape index (κ3) is 14.7. The highest BCUT2D eigenvalue weighted by Crippen LogP contribution is 2.61. The number of alkyl carbamates (subject to hydrolysis) is 1. The summed E-state index contributed by atoms with van der Waals surface area (Å²) in [7, 11) is 0. The molecule has 5 rings (SSSR count). The molecule has 0 spiro atoms. The normalized spacial score (nSPS) is 22.8. The third-order valence-corrected chi connectivity index (χ3v) is 11.2. The lowest BCUT2D eigenvalue weighted by Gasteiger charge is -2.57. The molecule has 4 saturated carbocycles. The van der Waals surface area contributed by atoms with E-state index in [-0.39, 0.29) is 43.7 Å². The maximum atomic E-state index is 14.3. The van der Waals surface area contributed by atoms with Crippen LogP contribution in [0.2, 0.25) is 0 Å². The van der Waals surface area contributed by atoms with Gasteiger partial charge in [0.1, 0.15) is 29.8 Å². The molecule has 4 aliphatic carbocycles. The quantitative estimate of drug-likeness (QED) is 0.0493. The Balaban J connectivity index is 1.54. The van der Waals surface area contributed by atoms with Crippen LogP contribution in [0.1, 0.15) is 103 Å². The number of ether oxygens (including phenoxy) is 1. The van der Waals surface area contributed by atoms with Gasteiger partial charge in [0, 0.05) is 19.5 Å². The van der Waals surface area contributed by atoms with Crippen molar-refractivity contribution in [3.8, 4) is 0 Å². The van der Waals surface area contributed by atoms with Gasteiger partial charge in [0.2, 0.25) is 23.6 Å². The number of nitrogens with one attached hydrogen (secondary N) is 7. The van der Waals surface area contributed by atoms with Crippen LogP contribution in [0.4, 0.5) is 9.59 Å². The van der Waals surface area contributed by atoms with Gasteiger partial charge < -0.3 is 53.2 Å². The average Bonchev–Trinajstić information content (AvgIpc) is 3.10. The zero-order chi connectivity index (χ0) is 41.8. The summed E-state index contributed by atoms with van der Waals surface area (Å²) in [5, 5.41) is 32.5. The van der Waals surface area contributed by atoms with Crippen molar-refractivity contribution in [3.63, 3.8) is 0 Å². The molecule has 6 amide bonds. The second kappa shape index (κ2) is 20.4. The van der Waals surface area contributed by atoms with Gasteiger partial charge >= 0.3 is 12.2 Å². The van der Waals surface area contributed by atoms with Crippen LogP contribution in [0.25, 0.3) is 0 Å². The van der Waals surface area contributed by atoms with E-state index >= 15 is 0 Å². The van der Waals surface area contributed by atoms with Gasteiger partial charge in [0.15, 0.2) is 5.96 Å². The van der Waals surface area contributed by atoms with Gasteiger partial charge in [-0.1, -0.05) is 30.3 Å². The molecule has 17 nitrogen and oxygen atoms in total. The molecular weight excluding hydrogens is 734 g/mol. The molecule has 0 aliphatic heterocycles. The van der Waals surface area contributed by atoms with Gasteiger partial charge in [-0.05, 0) is 127 Å². The number of primary amides is 1. The summed E-state index contributed by atoms with van der Waals surface area (Å²) in [6.45, 7) is 5.61. The Kier molecular flexibility index (Phi) is 15.9. The zero-order valence-electron chi connectivity index (χ0n) is 33.5. The predicted molar refractivity (Wildman–Crippen MR) is 213 cm³/mol. The molecule has 316 valence electrons. The van der Waals surface area contributed by atoms with Crippen molar-refractivity contribution in [2.75, 3.05) is 13.1 Å². The second-order valence-corrected chi connectivity index (χ2v) is 17.3. The molecule has 4 fully saturated rings. The summed E-state index contributed by atoms with van der Waals surface area (Å²) in [5.74, 6) is -1.12. The van der Waals surface area contributed by atoms with E-state index in [0.29, 0.717) is 43.4 Å². The smallest absolute Gasteiger partial charge is 0.408 e. The number of carboxylic acid groups (broad SMARTS) is 1. The van der Waals surface area contributed by atoms with E-state index in [9.17, 15) is 28.8 Å². The first-order valence-electron chi connectivity index (χ1n) is 20.2. The van der Waals surface area contributed by atoms with E-state index in [4.69, 9.17) is 26.7 Å². The molecule has 4 bridgehead atoms. The molecule has 17 heteroatoms. The van der Waals surface area contributed by atoms with E-state index < -0.39 is 65.6 Å². The van der Waals surface area contributed by atoms with E-state index in [1.54, 1.807) is 45.0 Å². The van der Waals surface area contributed by atoms with Crippen LogP contribution < -0.4 is 43.4 Å². The lowest BCUT2D eigenvalue weighted by Crippen LogP contribution is -2.59. The van der Waals surface area contributed by atoms with Gasteiger partial charge in [-0.15, -0.1) is 0 Å². The average molecular weight is 798 g/mol. The number of rotatable bonds is 21. The summed E-state index contributed by atoms with van der Waals surface area (Å²) < 4.78 is 5.57. The van der Waals surface area contributed by atoms with E-state index in [2.05, 4.69) is 31.9 Å². The Bertz CT molecular complexity index is 1550. The molecule has 12 N–H and O–H groups in total. The minimum Gasteiger partial charge on any atom is -0.465 e. The molecule has 0 aromatic heterocycles. The molecule has 1 aromatic carbocycles. The predicted octanol–water partition coefficient (Wildman–Crippen LogP) is 2.37. The highest BCUT2D eigenvalue weighted by molar-refractivity contribution is 5.95. The van der Waals surface area contributed by atoms with Crippen molar-refractivity contribution in [1.82, 2.24) is 31.9 Å². The topological polar surface area (TPSA) is 280 Å². The van der Waals surface area contributed by atoms with E-state index in [0.717, 1.165) is 24.8 Å². The van der Waals surface area contributed by atoms with Crippen LogP contribution >= 0.6 is 0 Å². The summed E-state index contributed by atoms with van der Waals surface area (Å²) in [6, 6.07) is 4.53. The Labute approximate surface area is 334 Å². The Morgan fingerprint density at radius 2 is 1.28 bits per heavy atom. The number of amides is 6. The van der Waals surface area contributed by atoms with Gasteiger partial charge in [-0.3, -0.25) is 24.6 Å². The first-order valence-corrected chi connectivity index (χ1v) is 20.2. The van der Waals surface area contributed by atoms with Crippen molar-refractivity contribution in [2.45, 2.75) is 134 Å². The summed E-state index contributed by atoms with van der Waals surface area (Å²) >= 11 is 0. The molecule has 1 aromatic rings. The first-order chi connectivity index (χ1) is 26.9. The largest absolute Gasteiger partial charge is 0.465 e. The highest BCUT2D eigenvalue weighted by Gasteiger charge is 2.52. The maximum Gasteiger partial charge on any atom is 0.408 e. The standard InChI is InChI=1S/C40H63N9O8/c1-39(2,3)57-38(56)49-31(23-40-20-25-16-26(21-40)18-27(17-25)22-40)35(53)47-29(13-9-15-44-36(42)43)33(51)48-30(19-24-10-5-4-6-11-24)34(52)46-28(32(41)50)12-7-8-14-45-37(54)55/h4-6,10-11,25-31,45H,7-9,12-23H2,1-3H3,(H2,41,50)(H,46,52)(H,47,53)(H,48,51)(H,49,56)(H,54,55)(H4,42,43,44)/t25?,26?,27?,28-,29+,30-,31-,40?/m0/s1. The number of carbonyl (C=O) groups is 6. The fourth-order valence-electron chi connectivity index (χ4n) is 9.26. The van der Waals surface area contributed by atoms with Crippen molar-refractivity contribution >= 4 is 41.8 Å². The molecular formula is C40H63N9O8. The monoisotopic (exact) mass is 797 g/mol. The van der Waals surface area contributed by atoms with Crippen LogP contribution in [0.5, 0.6) is 0 Å². The second-order valence-electron chi connectivity index (χ2n) is 17.3. The minimum atomic E-state index is -1.19. The molecule has 0 unspecified atom stereocenters. The Hall–Kier alpha value is -5.09. The number of hydrogen-bond acceptors (Lipinski definition) is 8. The molecule has 0 heterocycles. The lowest BCUT2D eigenvalue weighted by atomic mass is 9.48. The van der Waals surface area contributed by atoms with Crippen LogP contribution in [-0.4, -0.2) is 89.7 Å². The number of guanidine groups is 1. The zero-order valence-corrected chi connectivity index (χ0v) is 33.5. The van der Waals surface area contributed by atoms with Crippen molar-refractivity contribution in [1.29, 1.82) is 5.41 Å². The van der Waals surface area contributed by atoms with Gasteiger partial charge in [-0.25, -0.2) is 9.59 Å². The molecule has 4 atom stereocenters. The summed E-state index contributed by atoms with van der Waals surface area (Å²) in [4.78, 5) is 78.7. The van der Waals surface area contributed by atoms with Gasteiger partial charge in [0.05, 0.1) is 0 Å². The Morgan fingerprint density at radius 1 is 0.754 bits per heavy atom. The lowest BCUT2D eigenvalue weighted by molar-refractivity contribution is -0.134. The fourth-order valence-corrected chi connectivity index (χ4v) is 9.26. The van der Waals surface area contributed by atoms with Gasteiger partial charge in [0.25, 0.3) is 0 Å². The summed E-state index contributed by atoms with van der Waals surface area (Å²) in [5.41, 5.74) is 10.9.